The van der Waals surface area contributed by atoms with E-state index in [-0.39, 0.29) is 5.92 Å². The molecule has 5 heteroatoms. The first-order valence-corrected chi connectivity index (χ1v) is 5.90. The summed E-state index contributed by atoms with van der Waals surface area (Å²) < 4.78 is 0. The molecule has 1 aliphatic rings. The van der Waals surface area contributed by atoms with Crippen LogP contribution in [0.15, 0.2) is 0 Å². The first-order chi connectivity index (χ1) is 7.09. The van der Waals surface area contributed by atoms with Gasteiger partial charge in [-0.2, -0.15) is 0 Å². The van der Waals surface area contributed by atoms with Gasteiger partial charge < -0.3 is 10.0 Å². The molecule has 0 radical (unpaired) electrons. The van der Waals surface area contributed by atoms with Gasteiger partial charge in [0.25, 0.3) is 0 Å². The molecular weight excluding hydrogens is 212 g/mol. The summed E-state index contributed by atoms with van der Waals surface area (Å²) in [6.45, 7) is 5.96. The maximum absolute atomic E-state index is 11.0. The maximum Gasteiger partial charge on any atom is 0.347 e. The molecule has 1 aliphatic heterocycles. The summed E-state index contributed by atoms with van der Waals surface area (Å²) in [6, 6.07) is 0. The summed E-state index contributed by atoms with van der Waals surface area (Å²) in [4.78, 5) is 18.0. The quantitative estimate of drug-likeness (QED) is 0.858. The molecule has 2 heterocycles. The predicted molar refractivity (Wildman–Crippen MR) is 60.0 cm³/mol. The van der Waals surface area contributed by atoms with E-state index in [9.17, 15) is 4.79 Å². The fraction of sp³-hybridized carbons (Fsp3) is 0.600. The van der Waals surface area contributed by atoms with Crippen LogP contribution in [-0.2, 0) is 0 Å². The van der Waals surface area contributed by atoms with Gasteiger partial charge in [-0.15, -0.1) is 0 Å². The maximum atomic E-state index is 11.0. The van der Waals surface area contributed by atoms with Gasteiger partial charge in [0.05, 0.1) is 5.69 Å². The van der Waals surface area contributed by atoms with Crippen molar-refractivity contribution in [3.63, 3.8) is 0 Å². The van der Waals surface area contributed by atoms with Gasteiger partial charge in [0.2, 0.25) is 0 Å². The molecule has 1 saturated heterocycles. The minimum atomic E-state index is -0.858. The molecular formula is C10H14N2O2S. The minimum absolute atomic E-state index is 0.169. The average molecular weight is 226 g/mol. The van der Waals surface area contributed by atoms with Gasteiger partial charge >= 0.3 is 5.97 Å². The fourth-order valence-electron chi connectivity index (χ4n) is 1.51. The van der Waals surface area contributed by atoms with Crippen molar-refractivity contribution in [2.75, 3.05) is 18.0 Å². The highest BCUT2D eigenvalue weighted by Crippen LogP contribution is 2.32. The summed E-state index contributed by atoms with van der Waals surface area (Å²) in [5, 5.41) is 9.92. The molecule has 2 rings (SSSR count). The molecule has 0 aromatic carbocycles. The summed E-state index contributed by atoms with van der Waals surface area (Å²) in [5.74, 6) is -0.689. The van der Waals surface area contributed by atoms with E-state index in [2.05, 4.69) is 9.88 Å². The second-order valence-electron chi connectivity index (χ2n) is 4.01. The van der Waals surface area contributed by atoms with Crippen LogP contribution in [0.4, 0.5) is 5.13 Å². The predicted octanol–water partition coefficient (Wildman–Crippen LogP) is 2.17. The Kier molecular flexibility index (Phi) is 2.65. The zero-order valence-electron chi connectivity index (χ0n) is 8.86. The molecule has 1 aromatic rings. The molecule has 15 heavy (non-hydrogen) atoms. The van der Waals surface area contributed by atoms with E-state index >= 15 is 0 Å². The van der Waals surface area contributed by atoms with E-state index in [4.69, 9.17) is 5.11 Å². The van der Waals surface area contributed by atoms with Crippen molar-refractivity contribution in [3.05, 3.63) is 10.6 Å². The molecule has 1 aromatic heterocycles. The second kappa shape index (κ2) is 3.81. The molecule has 0 bridgehead atoms. The third-order valence-corrected chi connectivity index (χ3v) is 3.63. The Hall–Kier alpha value is -1.10. The summed E-state index contributed by atoms with van der Waals surface area (Å²) in [7, 11) is 0. The molecule has 0 atom stereocenters. The Morgan fingerprint density at radius 2 is 2.20 bits per heavy atom. The first kappa shape index (κ1) is 10.4. The Balaban J connectivity index is 2.34. The van der Waals surface area contributed by atoms with Gasteiger partial charge in [0.1, 0.15) is 4.88 Å². The normalized spacial score (nSPS) is 15.5. The van der Waals surface area contributed by atoms with Crippen LogP contribution < -0.4 is 4.90 Å². The fourth-order valence-corrected chi connectivity index (χ4v) is 2.62. The van der Waals surface area contributed by atoms with Gasteiger partial charge in [0.15, 0.2) is 5.13 Å². The van der Waals surface area contributed by atoms with E-state index < -0.39 is 5.97 Å². The van der Waals surface area contributed by atoms with Crippen LogP contribution in [0.3, 0.4) is 0 Å². The van der Waals surface area contributed by atoms with Crippen LogP contribution in [0.25, 0.3) is 0 Å². The molecule has 82 valence electrons. The monoisotopic (exact) mass is 226 g/mol. The van der Waals surface area contributed by atoms with Gasteiger partial charge in [0, 0.05) is 13.1 Å². The SMILES string of the molecule is CC(C)c1nc(N2CCC2)sc1C(=O)O. The highest BCUT2D eigenvalue weighted by Gasteiger charge is 2.24. The van der Waals surface area contributed by atoms with Gasteiger partial charge in [-0.25, -0.2) is 9.78 Å². The molecule has 1 fully saturated rings. The lowest BCUT2D eigenvalue weighted by Gasteiger charge is -2.30. The van der Waals surface area contributed by atoms with E-state index in [0.717, 1.165) is 23.9 Å². The van der Waals surface area contributed by atoms with Gasteiger partial charge in [-0.05, 0) is 12.3 Å². The van der Waals surface area contributed by atoms with Crippen LogP contribution in [0, 0.1) is 0 Å². The van der Waals surface area contributed by atoms with Crippen LogP contribution in [0.1, 0.15) is 41.6 Å². The lowest BCUT2D eigenvalue weighted by Crippen LogP contribution is -2.36. The van der Waals surface area contributed by atoms with Crippen molar-refractivity contribution in [3.8, 4) is 0 Å². The molecule has 1 N–H and O–H groups in total. The van der Waals surface area contributed by atoms with Gasteiger partial charge in [-0.3, -0.25) is 0 Å². The van der Waals surface area contributed by atoms with Crippen molar-refractivity contribution < 1.29 is 9.90 Å². The number of aromatic nitrogens is 1. The van der Waals surface area contributed by atoms with Crippen molar-refractivity contribution in [2.24, 2.45) is 0 Å². The van der Waals surface area contributed by atoms with Crippen molar-refractivity contribution >= 4 is 22.4 Å². The lowest BCUT2D eigenvalue weighted by molar-refractivity contribution is 0.0700. The van der Waals surface area contributed by atoms with Crippen LogP contribution in [0.2, 0.25) is 0 Å². The minimum Gasteiger partial charge on any atom is -0.477 e. The van der Waals surface area contributed by atoms with Crippen molar-refractivity contribution in [1.82, 2.24) is 4.98 Å². The number of carbonyl (C=O) groups is 1. The highest BCUT2D eigenvalue weighted by molar-refractivity contribution is 7.17. The summed E-state index contributed by atoms with van der Waals surface area (Å²) in [6.07, 6.45) is 1.18. The summed E-state index contributed by atoms with van der Waals surface area (Å²) in [5.41, 5.74) is 0.717. The molecule has 0 amide bonds. The molecule has 0 aliphatic carbocycles. The third kappa shape index (κ3) is 1.84. The highest BCUT2D eigenvalue weighted by atomic mass is 32.1. The zero-order chi connectivity index (χ0) is 11.0. The number of aromatic carboxylic acids is 1. The van der Waals surface area contributed by atoms with E-state index in [0.29, 0.717) is 4.88 Å². The largest absolute Gasteiger partial charge is 0.477 e. The standard InChI is InChI=1S/C10H14N2O2S/c1-6(2)7-8(9(13)14)15-10(11-7)12-4-3-5-12/h6H,3-5H2,1-2H3,(H,13,14). The van der Waals surface area contributed by atoms with Gasteiger partial charge in [-0.1, -0.05) is 25.2 Å². The molecule has 0 unspecified atom stereocenters. The Bertz CT molecular complexity index is 383. The zero-order valence-corrected chi connectivity index (χ0v) is 9.67. The van der Waals surface area contributed by atoms with Crippen LogP contribution >= 0.6 is 11.3 Å². The number of hydrogen-bond donors (Lipinski definition) is 1. The Morgan fingerprint density at radius 3 is 2.53 bits per heavy atom. The number of hydrogen-bond acceptors (Lipinski definition) is 4. The number of thiazole rings is 1. The molecule has 0 spiro atoms. The van der Waals surface area contributed by atoms with E-state index in [1.165, 1.54) is 17.8 Å². The average Bonchev–Trinajstić information content (AvgIpc) is 2.45. The van der Waals surface area contributed by atoms with Crippen LogP contribution in [-0.4, -0.2) is 29.1 Å². The number of nitrogens with zero attached hydrogens (tertiary/aromatic N) is 2. The van der Waals surface area contributed by atoms with E-state index in [1.807, 2.05) is 13.8 Å². The topological polar surface area (TPSA) is 53.4 Å². The number of anilines is 1. The van der Waals surface area contributed by atoms with E-state index in [1.54, 1.807) is 0 Å². The second-order valence-corrected chi connectivity index (χ2v) is 4.99. The summed E-state index contributed by atoms with van der Waals surface area (Å²) >= 11 is 1.30. The van der Waals surface area contributed by atoms with Crippen LogP contribution in [0.5, 0.6) is 0 Å². The third-order valence-electron chi connectivity index (χ3n) is 2.51. The molecule has 0 saturated carbocycles. The number of carboxylic acids is 1. The molecule has 4 nitrogen and oxygen atoms in total. The number of carboxylic acid groups (broad SMARTS) is 1. The first-order valence-electron chi connectivity index (χ1n) is 5.08. The Morgan fingerprint density at radius 1 is 1.53 bits per heavy atom. The lowest BCUT2D eigenvalue weighted by atomic mass is 10.1. The number of rotatable bonds is 3. The van der Waals surface area contributed by atoms with Crippen molar-refractivity contribution in [2.45, 2.75) is 26.2 Å². The van der Waals surface area contributed by atoms with Crippen molar-refractivity contribution in [1.29, 1.82) is 0 Å². The smallest absolute Gasteiger partial charge is 0.347 e. The Labute approximate surface area is 92.6 Å².